The molecule has 0 spiro atoms. The normalized spacial score (nSPS) is 30.8. The summed E-state index contributed by atoms with van der Waals surface area (Å²) < 4.78 is 5.80. The second kappa shape index (κ2) is 5.90. The van der Waals surface area contributed by atoms with Crippen LogP contribution in [-0.2, 0) is 9.53 Å². The predicted octanol–water partition coefficient (Wildman–Crippen LogP) is 4.49. The molecule has 0 radical (unpaired) electrons. The highest BCUT2D eigenvalue weighted by Crippen LogP contribution is 2.55. The van der Waals surface area contributed by atoms with Crippen LogP contribution in [-0.4, -0.2) is 11.6 Å². The van der Waals surface area contributed by atoms with Gasteiger partial charge in [-0.3, -0.25) is 0 Å². The van der Waals surface area contributed by atoms with Gasteiger partial charge in [-0.05, 0) is 44.9 Å². The summed E-state index contributed by atoms with van der Waals surface area (Å²) >= 11 is 0. The molecule has 0 N–H and O–H groups in total. The Morgan fingerprint density at radius 3 is 2.44 bits per heavy atom. The van der Waals surface area contributed by atoms with Crippen LogP contribution in [0.25, 0.3) is 0 Å². The molecule has 2 heteroatoms. The van der Waals surface area contributed by atoms with E-state index in [1.807, 2.05) is 0 Å². The first-order valence-electron chi connectivity index (χ1n) is 7.35. The summed E-state index contributed by atoms with van der Waals surface area (Å²) in [6.45, 7) is 12.4. The fourth-order valence-corrected chi connectivity index (χ4v) is 4.23. The molecule has 0 amide bonds. The summed E-state index contributed by atoms with van der Waals surface area (Å²) in [5.41, 5.74) is -0.209. The molecule has 104 valence electrons. The van der Waals surface area contributed by atoms with Gasteiger partial charge in [-0.25, -0.2) is 4.79 Å². The summed E-state index contributed by atoms with van der Waals surface area (Å²) in [7, 11) is 0. The first-order chi connectivity index (χ1) is 8.49. The van der Waals surface area contributed by atoms with E-state index in [0.29, 0.717) is 5.92 Å². The number of esters is 1. The highest BCUT2D eigenvalue weighted by atomic mass is 16.6. The van der Waals surface area contributed by atoms with Gasteiger partial charge in [-0.15, -0.1) is 0 Å². The summed E-state index contributed by atoms with van der Waals surface area (Å²) in [6.07, 6.45) is 8.00. The zero-order valence-electron chi connectivity index (χ0n) is 12.4. The molecule has 1 rings (SSSR count). The minimum atomic E-state index is -0.333. The molecule has 1 fully saturated rings. The van der Waals surface area contributed by atoms with E-state index in [1.54, 1.807) is 0 Å². The molecule has 2 unspecified atom stereocenters. The first-order valence-corrected chi connectivity index (χ1v) is 7.35. The number of hydrogen-bond donors (Lipinski definition) is 0. The number of rotatable bonds is 5. The van der Waals surface area contributed by atoms with Crippen molar-refractivity contribution < 1.29 is 9.53 Å². The minimum absolute atomic E-state index is 0.124. The van der Waals surface area contributed by atoms with Crippen LogP contribution in [0.15, 0.2) is 12.7 Å². The monoisotopic (exact) mass is 252 g/mol. The quantitative estimate of drug-likeness (QED) is 0.532. The molecule has 2 atom stereocenters. The number of ether oxygens (including phenoxy) is 1. The Balaban J connectivity index is 3.11. The van der Waals surface area contributed by atoms with Gasteiger partial charge in [0.1, 0.15) is 5.60 Å². The van der Waals surface area contributed by atoms with Crippen LogP contribution in [0.3, 0.4) is 0 Å². The summed E-state index contributed by atoms with van der Waals surface area (Å²) in [4.78, 5) is 11.7. The van der Waals surface area contributed by atoms with Crippen LogP contribution in [0.5, 0.6) is 0 Å². The van der Waals surface area contributed by atoms with E-state index >= 15 is 0 Å². The Bertz CT molecular complexity index is 304. The fourth-order valence-electron chi connectivity index (χ4n) is 4.23. The molecule has 18 heavy (non-hydrogen) atoms. The lowest BCUT2D eigenvalue weighted by Gasteiger charge is -2.55. The van der Waals surface area contributed by atoms with Crippen molar-refractivity contribution >= 4 is 5.97 Å². The molecular weight excluding hydrogens is 224 g/mol. The van der Waals surface area contributed by atoms with E-state index in [0.717, 1.165) is 25.7 Å². The SMILES string of the molecule is C=CC(=O)OC1(C)CCCC(CC)C1(CC)CC. The summed E-state index contributed by atoms with van der Waals surface area (Å²) in [6, 6.07) is 0. The third kappa shape index (κ3) is 2.34. The minimum Gasteiger partial charge on any atom is -0.456 e. The van der Waals surface area contributed by atoms with Gasteiger partial charge in [-0.1, -0.05) is 33.8 Å². The highest BCUT2D eigenvalue weighted by Gasteiger charge is 2.54. The van der Waals surface area contributed by atoms with Crippen LogP contribution < -0.4 is 0 Å². The van der Waals surface area contributed by atoms with Gasteiger partial charge in [0.25, 0.3) is 0 Å². The lowest BCUT2D eigenvalue weighted by molar-refractivity contribution is -0.189. The largest absolute Gasteiger partial charge is 0.456 e. The zero-order chi connectivity index (χ0) is 13.8. The summed E-state index contributed by atoms with van der Waals surface area (Å²) in [5, 5.41) is 0. The Morgan fingerprint density at radius 1 is 1.39 bits per heavy atom. The predicted molar refractivity (Wildman–Crippen MR) is 75.3 cm³/mol. The van der Waals surface area contributed by atoms with E-state index < -0.39 is 0 Å². The van der Waals surface area contributed by atoms with Crippen LogP contribution in [0.1, 0.15) is 66.2 Å². The molecule has 0 aliphatic heterocycles. The van der Waals surface area contributed by atoms with Crippen molar-refractivity contribution in [2.24, 2.45) is 11.3 Å². The zero-order valence-corrected chi connectivity index (χ0v) is 12.4. The standard InChI is InChI=1S/C16H28O2/c1-6-13-11-10-12-15(5,18-14(17)7-2)16(13,8-3)9-4/h7,13H,2,6,8-12H2,1,3-5H3. The molecule has 0 saturated heterocycles. The smallest absolute Gasteiger partial charge is 0.330 e. The van der Waals surface area contributed by atoms with Gasteiger partial charge < -0.3 is 4.74 Å². The van der Waals surface area contributed by atoms with Crippen molar-refractivity contribution in [1.29, 1.82) is 0 Å². The molecule has 0 heterocycles. The molecule has 1 saturated carbocycles. The second-order valence-corrected chi connectivity index (χ2v) is 5.72. The van der Waals surface area contributed by atoms with E-state index in [2.05, 4.69) is 34.3 Å². The maximum atomic E-state index is 11.7. The van der Waals surface area contributed by atoms with Gasteiger partial charge >= 0.3 is 5.97 Å². The third-order valence-corrected chi connectivity index (χ3v) is 5.29. The maximum Gasteiger partial charge on any atom is 0.330 e. The number of carbonyl (C=O) groups is 1. The van der Waals surface area contributed by atoms with Crippen molar-refractivity contribution in [2.75, 3.05) is 0 Å². The van der Waals surface area contributed by atoms with E-state index in [1.165, 1.54) is 18.9 Å². The second-order valence-electron chi connectivity index (χ2n) is 5.72. The Kier molecular flexibility index (Phi) is 5.01. The van der Waals surface area contributed by atoms with Crippen molar-refractivity contribution in [3.8, 4) is 0 Å². The van der Waals surface area contributed by atoms with Crippen molar-refractivity contribution in [1.82, 2.24) is 0 Å². The highest BCUT2D eigenvalue weighted by molar-refractivity contribution is 5.81. The Hall–Kier alpha value is -0.790. The molecule has 0 aromatic carbocycles. The van der Waals surface area contributed by atoms with Crippen molar-refractivity contribution in [2.45, 2.75) is 71.8 Å². The lowest BCUT2D eigenvalue weighted by atomic mass is 9.54. The Morgan fingerprint density at radius 2 is 2.00 bits per heavy atom. The molecule has 1 aliphatic carbocycles. The number of carbonyl (C=O) groups excluding carboxylic acids is 1. The maximum absolute atomic E-state index is 11.7. The topological polar surface area (TPSA) is 26.3 Å². The molecule has 0 bridgehead atoms. The van der Waals surface area contributed by atoms with Crippen molar-refractivity contribution in [3.63, 3.8) is 0 Å². The number of hydrogen-bond acceptors (Lipinski definition) is 2. The van der Waals surface area contributed by atoms with Gasteiger partial charge in [0.05, 0.1) is 0 Å². The third-order valence-electron chi connectivity index (χ3n) is 5.29. The van der Waals surface area contributed by atoms with Gasteiger partial charge in [-0.2, -0.15) is 0 Å². The molecular formula is C16H28O2. The van der Waals surface area contributed by atoms with Crippen molar-refractivity contribution in [3.05, 3.63) is 12.7 Å². The Labute approximate surface area is 112 Å². The average molecular weight is 252 g/mol. The van der Waals surface area contributed by atoms with Crippen LogP contribution >= 0.6 is 0 Å². The fraction of sp³-hybridized carbons (Fsp3) is 0.812. The van der Waals surface area contributed by atoms with Gasteiger partial charge in [0.15, 0.2) is 0 Å². The molecule has 0 aromatic heterocycles. The first kappa shape index (κ1) is 15.3. The lowest BCUT2D eigenvalue weighted by Crippen LogP contribution is -2.55. The molecule has 1 aliphatic rings. The van der Waals surface area contributed by atoms with E-state index in [9.17, 15) is 4.79 Å². The van der Waals surface area contributed by atoms with E-state index in [-0.39, 0.29) is 17.0 Å². The van der Waals surface area contributed by atoms with Gasteiger partial charge in [0, 0.05) is 11.5 Å². The van der Waals surface area contributed by atoms with Gasteiger partial charge in [0.2, 0.25) is 0 Å². The molecule has 0 aromatic rings. The molecule has 2 nitrogen and oxygen atoms in total. The van der Waals surface area contributed by atoms with Crippen LogP contribution in [0, 0.1) is 11.3 Å². The van der Waals surface area contributed by atoms with Crippen LogP contribution in [0.2, 0.25) is 0 Å². The van der Waals surface area contributed by atoms with Crippen LogP contribution in [0.4, 0.5) is 0 Å². The average Bonchev–Trinajstić information content (AvgIpc) is 2.38. The summed E-state index contributed by atoms with van der Waals surface area (Å²) in [5.74, 6) is 0.379. The van der Waals surface area contributed by atoms with E-state index in [4.69, 9.17) is 4.74 Å².